The fraction of sp³-hybridized carbons (Fsp3) is 0.529. The van der Waals surface area contributed by atoms with Crippen LogP contribution in [-0.2, 0) is 4.74 Å². The second-order valence-electron chi connectivity index (χ2n) is 5.50. The van der Waals surface area contributed by atoms with Crippen LogP contribution in [0, 0.1) is 0 Å². The van der Waals surface area contributed by atoms with E-state index in [-0.39, 0.29) is 0 Å². The second-order valence-corrected chi connectivity index (χ2v) is 5.91. The maximum atomic E-state index is 5.54. The van der Waals surface area contributed by atoms with Crippen LogP contribution in [0.25, 0.3) is 0 Å². The molecule has 1 aromatic rings. The lowest BCUT2D eigenvalue weighted by molar-refractivity contribution is 0.0389. The van der Waals surface area contributed by atoms with Crippen molar-refractivity contribution in [3.63, 3.8) is 0 Å². The van der Waals surface area contributed by atoms with Gasteiger partial charge >= 0.3 is 0 Å². The summed E-state index contributed by atoms with van der Waals surface area (Å²) in [6.07, 6.45) is 2.74. The van der Waals surface area contributed by atoms with E-state index in [1.54, 1.807) is 6.21 Å². The third-order valence-corrected chi connectivity index (χ3v) is 3.79. The van der Waals surface area contributed by atoms with Crippen LogP contribution >= 0.6 is 12.2 Å². The molecule has 0 spiro atoms. The average molecular weight is 350 g/mol. The third-order valence-electron chi connectivity index (χ3n) is 3.55. The molecule has 0 saturated carbocycles. The molecule has 2 N–H and O–H groups in total. The van der Waals surface area contributed by atoms with Gasteiger partial charge in [0.15, 0.2) is 5.11 Å². The zero-order chi connectivity index (χ0) is 17.0. The molecule has 132 valence electrons. The summed E-state index contributed by atoms with van der Waals surface area (Å²) in [5, 5.41) is 7.83. The number of nitrogens with one attached hydrogen (secondary N) is 2. The first-order chi connectivity index (χ1) is 11.8. The number of hydrogen-bond donors (Lipinski definition) is 2. The Morgan fingerprint density at radius 2 is 2.08 bits per heavy atom. The van der Waals surface area contributed by atoms with E-state index < -0.39 is 0 Å². The van der Waals surface area contributed by atoms with E-state index in [0.717, 1.165) is 63.7 Å². The lowest BCUT2D eigenvalue weighted by Gasteiger charge is -2.26. The number of hydrogen-bond acceptors (Lipinski definition) is 5. The topological polar surface area (TPSA) is 58.1 Å². The molecule has 0 amide bonds. The highest BCUT2D eigenvalue weighted by molar-refractivity contribution is 7.80. The first-order valence-electron chi connectivity index (χ1n) is 8.38. The van der Waals surface area contributed by atoms with E-state index in [1.807, 2.05) is 24.3 Å². The number of nitrogens with zero attached hydrogens (tertiary/aromatic N) is 2. The number of benzene rings is 1. The number of hydrazone groups is 1. The Kier molecular flexibility index (Phi) is 8.51. The lowest BCUT2D eigenvalue weighted by Crippen LogP contribution is -2.42. The van der Waals surface area contributed by atoms with Gasteiger partial charge in [0.05, 0.1) is 26.0 Å². The van der Waals surface area contributed by atoms with Crippen molar-refractivity contribution in [2.24, 2.45) is 5.10 Å². The van der Waals surface area contributed by atoms with Crippen molar-refractivity contribution in [1.82, 2.24) is 15.6 Å². The molecule has 24 heavy (non-hydrogen) atoms. The van der Waals surface area contributed by atoms with Gasteiger partial charge in [-0.05, 0) is 48.5 Å². The van der Waals surface area contributed by atoms with Crippen molar-refractivity contribution in [2.75, 3.05) is 46.0 Å². The van der Waals surface area contributed by atoms with Gasteiger partial charge in [0.25, 0.3) is 0 Å². The molecule has 1 saturated heterocycles. The predicted molar refractivity (Wildman–Crippen MR) is 101 cm³/mol. The van der Waals surface area contributed by atoms with Gasteiger partial charge < -0.3 is 14.8 Å². The monoisotopic (exact) mass is 350 g/mol. The van der Waals surface area contributed by atoms with Crippen LogP contribution in [0.3, 0.4) is 0 Å². The Labute approximate surface area is 149 Å². The molecule has 0 aliphatic carbocycles. The molecule has 0 radical (unpaired) electrons. The van der Waals surface area contributed by atoms with Crippen LogP contribution in [0.4, 0.5) is 0 Å². The summed E-state index contributed by atoms with van der Waals surface area (Å²) in [7, 11) is 0. The average Bonchev–Trinajstić information content (AvgIpc) is 2.62. The zero-order valence-corrected chi connectivity index (χ0v) is 15.0. The van der Waals surface area contributed by atoms with E-state index in [0.29, 0.717) is 5.11 Å². The van der Waals surface area contributed by atoms with Crippen LogP contribution in [0.2, 0.25) is 0 Å². The van der Waals surface area contributed by atoms with Crippen molar-refractivity contribution < 1.29 is 9.47 Å². The highest BCUT2D eigenvalue weighted by Gasteiger charge is 2.09. The maximum absolute atomic E-state index is 5.54. The van der Waals surface area contributed by atoms with Crippen molar-refractivity contribution in [3.05, 3.63) is 29.8 Å². The van der Waals surface area contributed by atoms with E-state index in [1.165, 1.54) is 0 Å². The number of thiocarbonyl (C=S) groups is 1. The summed E-state index contributed by atoms with van der Waals surface area (Å²) in [6.45, 7) is 8.17. The molecule has 0 bridgehead atoms. The second kappa shape index (κ2) is 11.0. The summed E-state index contributed by atoms with van der Waals surface area (Å²) >= 11 is 5.21. The molecule has 1 aromatic carbocycles. The molecule has 7 heteroatoms. The standard InChI is InChI=1S/C17H26N4O2S/c1-2-11-23-16-5-3-15(4-6-16)14-19-20-17(24)18-7-8-21-9-12-22-13-10-21/h3-6,14H,2,7-13H2,1H3,(H2,18,20,24)/b19-14-. The highest BCUT2D eigenvalue weighted by atomic mass is 32.1. The highest BCUT2D eigenvalue weighted by Crippen LogP contribution is 2.11. The van der Waals surface area contributed by atoms with Crippen molar-refractivity contribution in [3.8, 4) is 5.75 Å². The zero-order valence-electron chi connectivity index (χ0n) is 14.2. The Hall–Kier alpha value is -1.70. The minimum absolute atomic E-state index is 0.530. The van der Waals surface area contributed by atoms with Gasteiger partial charge in [-0.3, -0.25) is 10.3 Å². The van der Waals surface area contributed by atoms with Gasteiger partial charge in [-0.1, -0.05) is 6.92 Å². The number of ether oxygens (including phenoxy) is 2. The molecule has 2 rings (SSSR count). The third kappa shape index (κ3) is 7.25. The van der Waals surface area contributed by atoms with Crippen LogP contribution in [0.15, 0.2) is 29.4 Å². The summed E-state index contributed by atoms with van der Waals surface area (Å²) < 4.78 is 10.9. The lowest BCUT2D eigenvalue weighted by atomic mass is 10.2. The van der Waals surface area contributed by atoms with Gasteiger partial charge in [0, 0.05) is 26.2 Å². The van der Waals surface area contributed by atoms with Gasteiger partial charge in [-0.2, -0.15) is 5.10 Å². The predicted octanol–water partition coefficient (Wildman–Crippen LogP) is 1.61. The normalized spacial score (nSPS) is 15.4. The van der Waals surface area contributed by atoms with Crippen molar-refractivity contribution in [1.29, 1.82) is 0 Å². The van der Waals surface area contributed by atoms with E-state index in [4.69, 9.17) is 21.7 Å². The van der Waals surface area contributed by atoms with E-state index in [2.05, 4.69) is 27.7 Å². The molecular formula is C17H26N4O2S. The minimum atomic E-state index is 0.530. The van der Waals surface area contributed by atoms with Gasteiger partial charge in [0.1, 0.15) is 5.75 Å². The molecule has 1 fully saturated rings. The first kappa shape index (κ1) is 18.6. The Morgan fingerprint density at radius 1 is 1.33 bits per heavy atom. The number of rotatable bonds is 8. The molecule has 0 atom stereocenters. The summed E-state index contributed by atoms with van der Waals surface area (Å²) in [6, 6.07) is 7.81. The Balaban J connectivity index is 1.62. The van der Waals surface area contributed by atoms with Gasteiger partial charge in [-0.25, -0.2) is 0 Å². The SMILES string of the molecule is CCCOc1ccc(/C=N\NC(=S)NCCN2CCOCC2)cc1. The van der Waals surface area contributed by atoms with Crippen LogP contribution in [-0.4, -0.2) is 62.2 Å². The molecule has 1 aliphatic heterocycles. The van der Waals surface area contributed by atoms with E-state index in [9.17, 15) is 0 Å². The van der Waals surface area contributed by atoms with Crippen LogP contribution in [0.5, 0.6) is 5.75 Å². The maximum Gasteiger partial charge on any atom is 0.187 e. The van der Waals surface area contributed by atoms with Crippen molar-refractivity contribution in [2.45, 2.75) is 13.3 Å². The molecule has 6 nitrogen and oxygen atoms in total. The minimum Gasteiger partial charge on any atom is -0.494 e. The van der Waals surface area contributed by atoms with Crippen LogP contribution < -0.4 is 15.5 Å². The molecule has 0 aromatic heterocycles. The Bertz CT molecular complexity index is 516. The van der Waals surface area contributed by atoms with Crippen molar-refractivity contribution >= 4 is 23.5 Å². The Morgan fingerprint density at radius 3 is 2.79 bits per heavy atom. The van der Waals surface area contributed by atoms with Crippen LogP contribution in [0.1, 0.15) is 18.9 Å². The molecular weight excluding hydrogens is 324 g/mol. The summed E-state index contributed by atoms with van der Waals surface area (Å²) in [5.74, 6) is 0.877. The van der Waals surface area contributed by atoms with Gasteiger partial charge in [0.2, 0.25) is 0 Å². The summed E-state index contributed by atoms with van der Waals surface area (Å²) in [5.41, 5.74) is 3.82. The smallest absolute Gasteiger partial charge is 0.187 e. The largest absolute Gasteiger partial charge is 0.494 e. The number of morpholine rings is 1. The quantitative estimate of drug-likeness (QED) is 0.422. The first-order valence-corrected chi connectivity index (χ1v) is 8.78. The van der Waals surface area contributed by atoms with E-state index >= 15 is 0 Å². The summed E-state index contributed by atoms with van der Waals surface area (Å²) in [4.78, 5) is 2.35. The fourth-order valence-electron chi connectivity index (χ4n) is 2.23. The molecule has 1 heterocycles. The molecule has 1 aliphatic rings. The fourth-order valence-corrected chi connectivity index (χ4v) is 2.38. The van der Waals surface area contributed by atoms with Gasteiger partial charge in [-0.15, -0.1) is 0 Å². The molecule has 0 unspecified atom stereocenters.